The van der Waals surface area contributed by atoms with E-state index in [1.807, 2.05) is 67.6 Å². The van der Waals surface area contributed by atoms with Crippen molar-refractivity contribution in [3.63, 3.8) is 0 Å². The molecule has 4 unspecified atom stereocenters. The second kappa shape index (κ2) is 14.2. The molecular formula is C35H36ClFO6. The lowest BCUT2D eigenvalue weighted by Crippen LogP contribution is -2.33. The Labute approximate surface area is 256 Å². The molecule has 0 bridgehead atoms. The first-order valence-corrected chi connectivity index (χ1v) is 14.8. The molecule has 0 saturated carbocycles. The van der Waals surface area contributed by atoms with Gasteiger partial charge in [-0.1, -0.05) is 60.1 Å². The summed E-state index contributed by atoms with van der Waals surface area (Å²) < 4.78 is 31.0. The molecule has 6 nitrogen and oxygen atoms in total. The van der Waals surface area contributed by atoms with E-state index in [0.717, 1.165) is 33.6 Å². The zero-order valence-electron chi connectivity index (χ0n) is 24.0. The van der Waals surface area contributed by atoms with Gasteiger partial charge in [-0.3, -0.25) is 0 Å². The van der Waals surface area contributed by atoms with Crippen molar-refractivity contribution in [3.8, 4) is 17.2 Å². The SMILES string of the molecule is Cc1ccccc1O.OCC1CC(O)CC(c2ccc(Cl)c(Cc3ccc(OCC4Cc5ccc(F)cc5O4)cc3)c2)O1. The minimum Gasteiger partial charge on any atom is -0.508 e. The Hall–Kier alpha value is -3.62. The number of fused-ring (bicyclic) bond motifs is 1. The van der Waals surface area contributed by atoms with E-state index in [0.29, 0.717) is 48.8 Å². The van der Waals surface area contributed by atoms with Crippen LogP contribution in [0.5, 0.6) is 17.2 Å². The lowest BCUT2D eigenvalue weighted by molar-refractivity contribution is -0.113. The molecule has 2 aliphatic rings. The van der Waals surface area contributed by atoms with Crippen molar-refractivity contribution in [3.05, 3.63) is 124 Å². The average molecular weight is 607 g/mol. The summed E-state index contributed by atoms with van der Waals surface area (Å²) in [6.45, 7) is 2.14. The Bertz CT molecular complexity index is 1490. The quantitative estimate of drug-likeness (QED) is 0.216. The van der Waals surface area contributed by atoms with Gasteiger partial charge in [-0.15, -0.1) is 0 Å². The van der Waals surface area contributed by atoms with Crippen LogP contribution in [0, 0.1) is 12.7 Å². The van der Waals surface area contributed by atoms with Crippen LogP contribution in [0.2, 0.25) is 5.02 Å². The van der Waals surface area contributed by atoms with Gasteiger partial charge in [0.05, 0.1) is 24.9 Å². The fraction of sp³-hybridized carbons (Fsp3) is 0.314. The minimum atomic E-state index is -0.498. The fourth-order valence-electron chi connectivity index (χ4n) is 5.30. The van der Waals surface area contributed by atoms with Crippen LogP contribution in [0.1, 0.15) is 46.8 Å². The lowest BCUT2D eigenvalue weighted by atomic mass is 9.94. The normalized spacial score (nSPS) is 20.9. The zero-order chi connectivity index (χ0) is 30.3. The predicted octanol–water partition coefficient (Wildman–Crippen LogP) is 6.73. The first-order valence-electron chi connectivity index (χ1n) is 14.4. The fourth-order valence-corrected chi connectivity index (χ4v) is 5.48. The van der Waals surface area contributed by atoms with Gasteiger partial charge >= 0.3 is 0 Å². The molecule has 1 fully saturated rings. The Morgan fingerprint density at radius 3 is 2.47 bits per heavy atom. The molecule has 1 saturated heterocycles. The number of halogens is 2. The van der Waals surface area contributed by atoms with E-state index in [1.165, 1.54) is 12.1 Å². The van der Waals surface area contributed by atoms with Crippen LogP contribution in [0.25, 0.3) is 0 Å². The molecule has 0 aliphatic carbocycles. The smallest absolute Gasteiger partial charge is 0.137 e. The highest BCUT2D eigenvalue weighted by atomic mass is 35.5. The first kappa shape index (κ1) is 30.8. The summed E-state index contributed by atoms with van der Waals surface area (Å²) in [6, 6.07) is 25.5. The molecule has 2 aliphatic heterocycles. The molecule has 4 aromatic carbocycles. The largest absolute Gasteiger partial charge is 0.508 e. The van der Waals surface area contributed by atoms with E-state index in [9.17, 15) is 14.6 Å². The molecule has 4 atom stereocenters. The van der Waals surface area contributed by atoms with Crippen LogP contribution in [0.15, 0.2) is 84.9 Å². The number of rotatable bonds is 7. The van der Waals surface area contributed by atoms with Crippen molar-refractivity contribution < 1.29 is 33.9 Å². The van der Waals surface area contributed by atoms with Crippen LogP contribution in [-0.4, -0.2) is 46.8 Å². The maximum atomic E-state index is 13.4. The molecule has 8 heteroatoms. The molecule has 0 aromatic heterocycles. The van der Waals surface area contributed by atoms with Crippen molar-refractivity contribution in [1.82, 2.24) is 0 Å². The van der Waals surface area contributed by atoms with Gasteiger partial charge in [0.25, 0.3) is 0 Å². The lowest BCUT2D eigenvalue weighted by Gasteiger charge is -2.32. The number of aliphatic hydroxyl groups is 2. The van der Waals surface area contributed by atoms with E-state index in [2.05, 4.69) is 0 Å². The van der Waals surface area contributed by atoms with E-state index in [1.54, 1.807) is 12.1 Å². The van der Waals surface area contributed by atoms with Gasteiger partial charge in [0.2, 0.25) is 0 Å². The Kier molecular flexibility index (Phi) is 10.2. The monoisotopic (exact) mass is 606 g/mol. The van der Waals surface area contributed by atoms with Gasteiger partial charge in [-0.05, 0) is 71.5 Å². The van der Waals surface area contributed by atoms with Crippen LogP contribution in [0.3, 0.4) is 0 Å². The van der Waals surface area contributed by atoms with Gasteiger partial charge in [-0.25, -0.2) is 4.39 Å². The third-order valence-corrected chi connectivity index (χ3v) is 8.03. The van der Waals surface area contributed by atoms with E-state index >= 15 is 0 Å². The third-order valence-electron chi connectivity index (χ3n) is 7.66. The van der Waals surface area contributed by atoms with Crippen molar-refractivity contribution in [2.75, 3.05) is 13.2 Å². The Morgan fingerprint density at radius 2 is 1.74 bits per heavy atom. The topological polar surface area (TPSA) is 88.4 Å². The number of para-hydroxylation sites is 1. The molecule has 2 heterocycles. The molecule has 0 amide bonds. The van der Waals surface area contributed by atoms with Crippen LogP contribution < -0.4 is 9.47 Å². The molecule has 226 valence electrons. The minimum absolute atomic E-state index is 0.110. The van der Waals surface area contributed by atoms with Gasteiger partial charge in [-0.2, -0.15) is 0 Å². The van der Waals surface area contributed by atoms with Gasteiger partial charge < -0.3 is 29.5 Å². The van der Waals surface area contributed by atoms with Crippen molar-refractivity contribution >= 4 is 11.6 Å². The summed E-state index contributed by atoms with van der Waals surface area (Å²) in [4.78, 5) is 0. The van der Waals surface area contributed by atoms with E-state index in [-0.39, 0.29) is 30.7 Å². The highest BCUT2D eigenvalue weighted by molar-refractivity contribution is 6.31. The standard InChI is InChI=1S/C28H28ClFO5.C7H8O/c29-26-8-4-18(28-14-22(32)13-24(15-31)34-28)10-20(26)9-17-1-6-23(7-2-17)33-16-25-11-19-3-5-21(30)12-27(19)35-25;1-6-4-2-3-5-7(6)8/h1-8,10,12,22,24-25,28,31-32H,9,11,13-16H2;2-5,8H,1H3. The first-order chi connectivity index (χ1) is 20.8. The second-order valence-electron chi connectivity index (χ2n) is 11.0. The molecular weight excluding hydrogens is 571 g/mol. The maximum Gasteiger partial charge on any atom is 0.137 e. The number of hydrogen-bond donors (Lipinski definition) is 3. The molecule has 0 spiro atoms. The molecule has 6 rings (SSSR count). The number of phenols is 1. The number of aryl methyl sites for hydroxylation is 1. The summed E-state index contributed by atoms with van der Waals surface area (Å²) in [7, 11) is 0. The van der Waals surface area contributed by atoms with Crippen LogP contribution in [0.4, 0.5) is 4.39 Å². The van der Waals surface area contributed by atoms with Gasteiger partial charge in [0, 0.05) is 30.4 Å². The van der Waals surface area contributed by atoms with E-state index in [4.69, 9.17) is 30.9 Å². The second-order valence-corrected chi connectivity index (χ2v) is 11.4. The summed E-state index contributed by atoms with van der Waals surface area (Å²) >= 11 is 6.48. The number of benzene rings is 4. The molecule has 43 heavy (non-hydrogen) atoms. The Morgan fingerprint density at radius 1 is 0.953 bits per heavy atom. The highest BCUT2D eigenvalue weighted by Gasteiger charge is 2.29. The highest BCUT2D eigenvalue weighted by Crippen LogP contribution is 2.34. The van der Waals surface area contributed by atoms with E-state index < -0.39 is 6.10 Å². The predicted molar refractivity (Wildman–Crippen MR) is 163 cm³/mol. The molecule has 4 aromatic rings. The number of phenolic OH excluding ortho intramolecular Hbond substituents is 1. The maximum absolute atomic E-state index is 13.4. The van der Waals surface area contributed by atoms with Crippen molar-refractivity contribution in [1.29, 1.82) is 0 Å². The Balaban J connectivity index is 0.000000400. The van der Waals surface area contributed by atoms with Crippen LogP contribution >= 0.6 is 11.6 Å². The number of aromatic hydroxyl groups is 1. The number of hydrogen-bond acceptors (Lipinski definition) is 6. The molecule has 0 radical (unpaired) electrons. The number of ether oxygens (including phenoxy) is 3. The van der Waals surface area contributed by atoms with Gasteiger partial charge in [0.15, 0.2) is 0 Å². The summed E-state index contributed by atoms with van der Waals surface area (Å²) in [5.41, 5.74) is 4.90. The summed E-state index contributed by atoms with van der Waals surface area (Å²) in [5.74, 6) is 1.39. The molecule has 3 N–H and O–H groups in total. The van der Waals surface area contributed by atoms with Crippen molar-refractivity contribution in [2.24, 2.45) is 0 Å². The van der Waals surface area contributed by atoms with Gasteiger partial charge in [0.1, 0.15) is 35.8 Å². The van der Waals surface area contributed by atoms with Crippen molar-refractivity contribution in [2.45, 2.75) is 57.0 Å². The zero-order valence-corrected chi connectivity index (χ0v) is 24.7. The third kappa shape index (κ3) is 8.27. The number of aliphatic hydroxyl groups excluding tert-OH is 2. The summed E-state index contributed by atoms with van der Waals surface area (Å²) in [5, 5.41) is 29.2. The van der Waals surface area contributed by atoms with Crippen LogP contribution in [-0.2, 0) is 17.6 Å². The average Bonchev–Trinajstić information content (AvgIpc) is 3.41. The summed E-state index contributed by atoms with van der Waals surface area (Å²) in [6.07, 6.45) is 1.00.